The number of nitro benzene ring substituents is 2. The van der Waals surface area contributed by atoms with Gasteiger partial charge in [-0.25, -0.2) is 14.6 Å². The molecule has 2 bridgehead atoms. The predicted octanol–water partition coefficient (Wildman–Crippen LogP) is 2.94. The topological polar surface area (TPSA) is 187 Å². The number of nitro groups is 2. The smallest absolute Gasteiger partial charge is 0.334 e. The average Bonchev–Trinajstić information content (AvgIpc) is 3.39. The Bertz CT molecular complexity index is 1630. The number of amides is 4. The zero-order chi connectivity index (χ0) is 31.1. The predicted molar refractivity (Wildman–Crippen MR) is 146 cm³/mol. The average molecular weight is 589 g/mol. The molecule has 2 aliphatic heterocycles. The Labute approximate surface area is 243 Å². The molecule has 4 atom stereocenters. The number of rotatable bonds is 6. The SMILES string of the molecule is CCOC(=O)C1=C(C)C2C3C(=O)N(c4ccccc4[N+](=O)[O-])C(=O)C3C1(C)C1C(=O)N(c3ccccc3[N+](=O)[O-])C(=O)C21. The summed E-state index contributed by atoms with van der Waals surface area (Å²) in [4.78, 5) is 93.8. The van der Waals surface area contributed by atoms with Crippen molar-refractivity contribution in [2.75, 3.05) is 16.4 Å². The van der Waals surface area contributed by atoms with Crippen molar-refractivity contribution >= 4 is 52.3 Å². The van der Waals surface area contributed by atoms with E-state index in [-0.39, 0.29) is 23.6 Å². The Morgan fingerprint density at radius 2 is 1.21 bits per heavy atom. The van der Waals surface area contributed by atoms with E-state index in [4.69, 9.17) is 4.74 Å². The van der Waals surface area contributed by atoms with E-state index in [0.717, 1.165) is 21.9 Å². The highest BCUT2D eigenvalue weighted by Crippen LogP contribution is 2.69. The molecular formula is C29H24N4O10. The molecular weight excluding hydrogens is 564 g/mol. The van der Waals surface area contributed by atoms with Crippen molar-refractivity contribution < 1.29 is 38.6 Å². The second-order valence-corrected chi connectivity index (χ2v) is 11.1. The van der Waals surface area contributed by atoms with Crippen LogP contribution in [0.4, 0.5) is 22.7 Å². The Kier molecular flexibility index (Phi) is 6.08. The normalized spacial score (nSPS) is 29.2. The summed E-state index contributed by atoms with van der Waals surface area (Å²) in [6.45, 7) is 4.53. The first kappa shape index (κ1) is 27.9. The molecule has 2 aromatic rings. The molecule has 4 unspecified atom stereocenters. The van der Waals surface area contributed by atoms with Gasteiger partial charge in [0.25, 0.3) is 11.4 Å². The van der Waals surface area contributed by atoms with Gasteiger partial charge in [0.1, 0.15) is 11.4 Å². The standard InChI is InChI=1S/C29H24N4O10/c1-4-43-28(38)21-13(2)18-19-22(26(36)30(24(19)34)14-9-5-7-11-16(14)32(39)40)29(21,3)23-20(18)25(35)31(27(23)37)15-10-6-8-12-17(15)33(41)42/h5-12,18-20,22-23H,4H2,1-3H3. The van der Waals surface area contributed by atoms with Crippen LogP contribution in [-0.2, 0) is 28.7 Å². The molecule has 43 heavy (non-hydrogen) atoms. The molecule has 220 valence electrons. The summed E-state index contributed by atoms with van der Waals surface area (Å²) in [7, 11) is 0. The van der Waals surface area contributed by atoms with E-state index in [1.165, 1.54) is 43.3 Å². The monoisotopic (exact) mass is 588 g/mol. The molecule has 1 saturated carbocycles. The van der Waals surface area contributed by atoms with E-state index >= 15 is 0 Å². The molecule has 2 saturated heterocycles. The van der Waals surface area contributed by atoms with Crippen molar-refractivity contribution in [1.29, 1.82) is 0 Å². The van der Waals surface area contributed by atoms with Gasteiger partial charge < -0.3 is 4.74 Å². The molecule has 4 amide bonds. The third kappa shape index (κ3) is 3.43. The first-order valence-corrected chi connectivity index (χ1v) is 13.5. The van der Waals surface area contributed by atoms with Crippen LogP contribution in [0.15, 0.2) is 59.7 Å². The summed E-state index contributed by atoms with van der Waals surface area (Å²) in [6, 6.07) is 10.4. The highest BCUT2D eigenvalue weighted by molar-refractivity contribution is 6.28. The summed E-state index contributed by atoms with van der Waals surface area (Å²) in [5, 5.41) is 23.6. The number of hydrogen-bond donors (Lipinski definition) is 0. The quantitative estimate of drug-likeness (QED) is 0.210. The van der Waals surface area contributed by atoms with Gasteiger partial charge in [0, 0.05) is 29.0 Å². The molecule has 14 nitrogen and oxygen atoms in total. The Morgan fingerprint density at radius 1 is 0.791 bits per heavy atom. The zero-order valence-corrected chi connectivity index (χ0v) is 23.1. The lowest BCUT2D eigenvalue weighted by Crippen LogP contribution is -2.61. The van der Waals surface area contributed by atoms with Gasteiger partial charge in [-0.1, -0.05) is 36.8 Å². The van der Waals surface area contributed by atoms with Crippen LogP contribution in [0.2, 0.25) is 0 Å². The summed E-state index contributed by atoms with van der Waals surface area (Å²) < 4.78 is 5.32. The molecule has 3 aliphatic carbocycles. The van der Waals surface area contributed by atoms with Gasteiger partial charge in [0.05, 0.1) is 40.1 Å². The largest absolute Gasteiger partial charge is 0.463 e. The summed E-state index contributed by atoms with van der Waals surface area (Å²) in [5.74, 6) is -10.4. The van der Waals surface area contributed by atoms with Crippen LogP contribution >= 0.6 is 0 Å². The van der Waals surface area contributed by atoms with Crippen molar-refractivity contribution in [2.45, 2.75) is 20.8 Å². The molecule has 14 heteroatoms. The van der Waals surface area contributed by atoms with Crippen LogP contribution < -0.4 is 9.80 Å². The fraction of sp³-hybridized carbons (Fsp3) is 0.345. The van der Waals surface area contributed by atoms with Gasteiger partial charge in [-0.05, 0) is 26.0 Å². The Morgan fingerprint density at radius 3 is 1.60 bits per heavy atom. The first-order chi connectivity index (χ1) is 20.4. The van der Waals surface area contributed by atoms with E-state index < -0.39 is 85.8 Å². The number of benzene rings is 2. The third-order valence-electron chi connectivity index (χ3n) is 9.32. The molecule has 2 heterocycles. The lowest BCUT2D eigenvalue weighted by molar-refractivity contribution is -0.384. The molecule has 0 spiro atoms. The van der Waals surface area contributed by atoms with Crippen molar-refractivity contribution in [1.82, 2.24) is 0 Å². The van der Waals surface area contributed by atoms with Crippen LogP contribution in [0, 0.1) is 55.2 Å². The lowest BCUT2D eigenvalue weighted by atomic mass is 9.43. The molecule has 2 aromatic carbocycles. The fourth-order valence-corrected chi connectivity index (χ4v) is 7.90. The van der Waals surface area contributed by atoms with Gasteiger partial charge >= 0.3 is 5.97 Å². The van der Waals surface area contributed by atoms with Gasteiger partial charge in [-0.2, -0.15) is 0 Å². The second-order valence-electron chi connectivity index (χ2n) is 11.1. The second kappa shape index (κ2) is 9.37. The Hall–Kier alpha value is -5.27. The number of ether oxygens (including phenoxy) is 1. The van der Waals surface area contributed by atoms with E-state index in [9.17, 15) is 44.2 Å². The number of carbonyl (C=O) groups is 5. The molecule has 7 rings (SSSR count). The van der Waals surface area contributed by atoms with E-state index in [2.05, 4.69) is 0 Å². The number of nitrogens with zero attached hydrogens (tertiary/aromatic N) is 4. The first-order valence-electron chi connectivity index (χ1n) is 13.5. The number of esters is 1. The number of para-hydroxylation sites is 4. The van der Waals surface area contributed by atoms with E-state index in [0.29, 0.717) is 5.57 Å². The van der Waals surface area contributed by atoms with Crippen molar-refractivity contribution in [3.8, 4) is 0 Å². The van der Waals surface area contributed by atoms with Crippen LogP contribution in [-0.4, -0.2) is 46.1 Å². The van der Waals surface area contributed by atoms with E-state index in [1.54, 1.807) is 13.8 Å². The minimum atomic E-state index is -1.77. The number of anilines is 2. The minimum absolute atomic E-state index is 0.0158. The van der Waals surface area contributed by atoms with Crippen LogP contribution in [0.3, 0.4) is 0 Å². The summed E-state index contributed by atoms with van der Waals surface area (Å²) >= 11 is 0. The van der Waals surface area contributed by atoms with E-state index in [1.807, 2.05) is 0 Å². The van der Waals surface area contributed by atoms with Crippen molar-refractivity contribution in [2.24, 2.45) is 35.0 Å². The number of hydrogen-bond acceptors (Lipinski definition) is 10. The Balaban J connectivity index is 1.57. The molecule has 0 N–H and O–H groups in total. The van der Waals surface area contributed by atoms with Gasteiger partial charge in [0.15, 0.2) is 0 Å². The van der Waals surface area contributed by atoms with Crippen molar-refractivity contribution in [3.05, 3.63) is 79.9 Å². The third-order valence-corrected chi connectivity index (χ3v) is 9.32. The van der Waals surface area contributed by atoms with Gasteiger partial charge in [-0.3, -0.25) is 39.4 Å². The van der Waals surface area contributed by atoms with Crippen molar-refractivity contribution in [3.63, 3.8) is 0 Å². The molecule has 0 radical (unpaired) electrons. The van der Waals surface area contributed by atoms with Crippen LogP contribution in [0.25, 0.3) is 0 Å². The zero-order valence-electron chi connectivity index (χ0n) is 23.1. The number of allylic oxidation sites excluding steroid dienone is 1. The van der Waals surface area contributed by atoms with Crippen LogP contribution in [0.5, 0.6) is 0 Å². The fourth-order valence-electron chi connectivity index (χ4n) is 7.90. The molecule has 3 fully saturated rings. The maximum atomic E-state index is 14.2. The van der Waals surface area contributed by atoms with Gasteiger partial charge in [-0.15, -0.1) is 0 Å². The molecule has 0 aromatic heterocycles. The number of carbonyl (C=O) groups excluding carboxylic acids is 5. The summed E-state index contributed by atoms with van der Waals surface area (Å²) in [6.07, 6.45) is 0. The highest BCUT2D eigenvalue weighted by Gasteiger charge is 2.77. The lowest BCUT2D eigenvalue weighted by Gasteiger charge is -2.55. The number of imide groups is 2. The summed E-state index contributed by atoms with van der Waals surface area (Å²) in [5.41, 5.74) is -3.01. The maximum Gasteiger partial charge on any atom is 0.334 e. The highest BCUT2D eigenvalue weighted by atomic mass is 16.6. The maximum absolute atomic E-state index is 14.2. The van der Waals surface area contributed by atoms with Crippen LogP contribution in [0.1, 0.15) is 20.8 Å². The minimum Gasteiger partial charge on any atom is -0.463 e. The molecule has 5 aliphatic rings. The van der Waals surface area contributed by atoms with Gasteiger partial charge in [0.2, 0.25) is 23.6 Å².